The molecule has 1 atom stereocenters. The lowest BCUT2D eigenvalue weighted by Crippen LogP contribution is -2.19. The van der Waals surface area contributed by atoms with E-state index in [0.29, 0.717) is 6.61 Å². The third kappa shape index (κ3) is 4.64. The number of nitrogens with zero attached hydrogens (tertiary/aromatic N) is 2. The Labute approximate surface area is 131 Å². The summed E-state index contributed by atoms with van der Waals surface area (Å²) in [4.78, 5) is 8.51. The summed E-state index contributed by atoms with van der Waals surface area (Å²) in [6.45, 7) is 7.57. The second kappa shape index (κ2) is 8.68. The molecule has 1 fully saturated rings. The summed E-state index contributed by atoms with van der Waals surface area (Å²) in [6.07, 6.45) is 2.55. The largest absolute Gasteiger partial charge is 0.383 e. The van der Waals surface area contributed by atoms with Gasteiger partial charge in [0, 0.05) is 45.3 Å². The van der Waals surface area contributed by atoms with Crippen LogP contribution >= 0.6 is 11.3 Å². The van der Waals surface area contributed by atoms with Gasteiger partial charge in [0.15, 0.2) is 5.13 Å². The molecule has 0 aliphatic carbocycles. The Bertz CT molecular complexity index is 425. The number of ether oxygens (including phenoxy) is 2. The van der Waals surface area contributed by atoms with Crippen LogP contribution < -0.4 is 10.2 Å². The van der Waals surface area contributed by atoms with Gasteiger partial charge in [0.25, 0.3) is 0 Å². The Morgan fingerprint density at radius 2 is 2.24 bits per heavy atom. The van der Waals surface area contributed by atoms with Crippen LogP contribution in [0.3, 0.4) is 0 Å². The zero-order valence-electron chi connectivity index (χ0n) is 13.4. The van der Waals surface area contributed by atoms with Crippen molar-refractivity contribution in [3.8, 4) is 0 Å². The van der Waals surface area contributed by atoms with Crippen LogP contribution in [0.5, 0.6) is 0 Å². The summed E-state index contributed by atoms with van der Waals surface area (Å²) < 4.78 is 10.3. The van der Waals surface area contributed by atoms with Gasteiger partial charge in [-0.15, -0.1) is 11.3 Å². The number of hydrogen-bond donors (Lipinski definition) is 1. The predicted molar refractivity (Wildman–Crippen MR) is 87.0 cm³/mol. The van der Waals surface area contributed by atoms with Crippen LogP contribution in [0.1, 0.15) is 30.3 Å². The van der Waals surface area contributed by atoms with E-state index in [1.165, 1.54) is 17.7 Å². The Hall–Kier alpha value is -0.690. The number of hydrogen-bond acceptors (Lipinski definition) is 6. The fraction of sp³-hybridized carbons (Fsp3) is 0.800. The van der Waals surface area contributed by atoms with Crippen LogP contribution in [0, 0.1) is 5.92 Å². The van der Waals surface area contributed by atoms with Crippen molar-refractivity contribution in [2.24, 2.45) is 5.92 Å². The van der Waals surface area contributed by atoms with Gasteiger partial charge in [-0.1, -0.05) is 13.3 Å². The minimum Gasteiger partial charge on any atom is -0.383 e. The molecule has 0 amide bonds. The number of rotatable bonds is 9. The Morgan fingerprint density at radius 3 is 2.90 bits per heavy atom. The Balaban J connectivity index is 1.98. The SMILES string of the molecule is CCC1CCN(c2nc(COC)c(CNCCOC)s2)C1. The first-order valence-electron chi connectivity index (χ1n) is 7.70. The highest BCUT2D eigenvalue weighted by Gasteiger charge is 2.24. The quantitative estimate of drug-likeness (QED) is 0.709. The van der Waals surface area contributed by atoms with E-state index < -0.39 is 0 Å². The van der Waals surface area contributed by atoms with Crippen molar-refractivity contribution in [3.63, 3.8) is 0 Å². The number of aromatic nitrogens is 1. The topological polar surface area (TPSA) is 46.6 Å². The normalized spacial score (nSPS) is 18.6. The van der Waals surface area contributed by atoms with E-state index in [-0.39, 0.29) is 0 Å². The summed E-state index contributed by atoms with van der Waals surface area (Å²) in [7, 11) is 3.45. The molecule has 0 bridgehead atoms. The summed E-state index contributed by atoms with van der Waals surface area (Å²) in [5, 5.41) is 4.55. The minimum absolute atomic E-state index is 0.586. The lowest BCUT2D eigenvalue weighted by Gasteiger charge is -2.14. The molecular formula is C15H27N3O2S. The van der Waals surface area contributed by atoms with E-state index in [2.05, 4.69) is 17.1 Å². The molecule has 21 heavy (non-hydrogen) atoms. The third-order valence-corrected chi connectivity index (χ3v) is 5.11. The van der Waals surface area contributed by atoms with E-state index in [4.69, 9.17) is 14.5 Å². The first kappa shape index (κ1) is 16.7. The van der Waals surface area contributed by atoms with E-state index in [1.807, 2.05) is 0 Å². The van der Waals surface area contributed by atoms with Crippen molar-refractivity contribution >= 4 is 16.5 Å². The molecule has 5 nitrogen and oxygen atoms in total. The van der Waals surface area contributed by atoms with Crippen molar-refractivity contribution < 1.29 is 9.47 Å². The number of methoxy groups -OCH3 is 2. The van der Waals surface area contributed by atoms with Gasteiger partial charge in [0.05, 0.1) is 18.9 Å². The molecule has 6 heteroatoms. The van der Waals surface area contributed by atoms with Crippen molar-refractivity contribution in [2.45, 2.75) is 32.9 Å². The highest BCUT2D eigenvalue weighted by Crippen LogP contribution is 2.31. The second-order valence-corrected chi connectivity index (χ2v) is 6.54. The highest BCUT2D eigenvalue weighted by molar-refractivity contribution is 7.15. The van der Waals surface area contributed by atoms with Crippen LogP contribution in [0.4, 0.5) is 5.13 Å². The van der Waals surface area contributed by atoms with E-state index in [0.717, 1.165) is 49.5 Å². The molecule has 1 saturated heterocycles. The molecular weight excluding hydrogens is 286 g/mol. The van der Waals surface area contributed by atoms with Crippen LogP contribution in [0.15, 0.2) is 0 Å². The van der Waals surface area contributed by atoms with Crippen molar-refractivity contribution in [1.82, 2.24) is 10.3 Å². The Morgan fingerprint density at radius 1 is 1.38 bits per heavy atom. The molecule has 1 aromatic heterocycles. The van der Waals surface area contributed by atoms with E-state index >= 15 is 0 Å². The molecule has 1 aliphatic rings. The summed E-state index contributed by atoms with van der Waals surface area (Å²) in [6, 6.07) is 0. The van der Waals surface area contributed by atoms with Crippen LogP contribution in [-0.2, 0) is 22.6 Å². The molecule has 1 unspecified atom stereocenters. The lowest BCUT2D eigenvalue weighted by molar-refractivity contribution is 0.181. The van der Waals surface area contributed by atoms with Crippen molar-refractivity contribution in [1.29, 1.82) is 0 Å². The maximum atomic E-state index is 5.29. The monoisotopic (exact) mass is 313 g/mol. The molecule has 1 aliphatic heterocycles. The number of nitrogens with one attached hydrogen (secondary N) is 1. The van der Waals surface area contributed by atoms with Crippen molar-refractivity contribution in [2.75, 3.05) is 45.4 Å². The maximum absolute atomic E-state index is 5.29. The van der Waals surface area contributed by atoms with E-state index in [1.54, 1.807) is 25.6 Å². The van der Waals surface area contributed by atoms with Gasteiger partial charge in [-0.25, -0.2) is 4.98 Å². The molecule has 0 radical (unpaired) electrons. The molecule has 0 spiro atoms. The average Bonchev–Trinajstić information content (AvgIpc) is 3.11. The number of thiazole rings is 1. The number of anilines is 1. The van der Waals surface area contributed by atoms with Crippen molar-refractivity contribution in [3.05, 3.63) is 10.6 Å². The molecule has 1 N–H and O–H groups in total. The lowest BCUT2D eigenvalue weighted by atomic mass is 10.1. The Kier molecular flexibility index (Phi) is 6.89. The fourth-order valence-corrected chi connectivity index (χ4v) is 3.68. The smallest absolute Gasteiger partial charge is 0.185 e. The van der Waals surface area contributed by atoms with Gasteiger partial charge in [-0.3, -0.25) is 0 Å². The molecule has 120 valence electrons. The molecule has 2 heterocycles. The molecule has 2 rings (SSSR count). The van der Waals surface area contributed by atoms with Crippen LogP contribution in [0.25, 0.3) is 0 Å². The van der Waals surface area contributed by atoms with Crippen LogP contribution in [0.2, 0.25) is 0 Å². The highest BCUT2D eigenvalue weighted by atomic mass is 32.1. The zero-order valence-corrected chi connectivity index (χ0v) is 14.2. The van der Waals surface area contributed by atoms with Gasteiger partial charge in [-0.2, -0.15) is 0 Å². The van der Waals surface area contributed by atoms with Gasteiger partial charge in [0.2, 0.25) is 0 Å². The maximum Gasteiger partial charge on any atom is 0.185 e. The summed E-state index contributed by atoms with van der Waals surface area (Å²) in [5.41, 5.74) is 1.07. The standard InChI is InChI=1S/C15H27N3O2S/c1-4-12-5-7-18(10-12)15-17-13(11-20-3)14(21-15)9-16-6-8-19-2/h12,16H,4-11H2,1-3H3. The van der Waals surface area contributed by atoms with Crippen LogP contribution in [-0.4, -0.2) is 45.4 Å². The molecule has 0 aromatic carbocycles. The fourth-order valence-electron chi connectivity index (χ4n) is 2.61. The first-order chi connectivity index (χ1) is 10.3. The van der Waals surface area contributed by atoms with Gasteiger partial charge in [-0.05, 0) is 12.3 Å². The zero-order chi connectivity index (χ0) is 15.1. The van der Waals surface area contributed by atoms with Gasteiger partial charge >= 0.3 is 0 Å². The second-order valence-electron chi connectivity index (χ2n) is 5.48. The summed E-state index contributed by atoms with van der Waals surface area (Å²) in [5.74, 6) is 0.822. The third-order valence-electron chi connectivity index (χ3n) is 3.95. The first-order valence-corrected chi connectivity index (χ1v) is 8.52. The average molecular weight is 313 g/mol. The van der Waals surface area contributed by atoms with Gasteiger partial charge < -0.3 is 19.7 Å². The predicted octanol–water partition coefficient (Wildman–Crippen LogP) is 2.26. The van der Waals surface area contributed by atoms with Gasteiger partial charge in [0.1, 0.15) is 0 Å². The van der Waals surface area contributed by atoms with E-state index in [9.17, 15) is 0 Å². The minimum atomic E-state index is 0.586. The summed E-state index contributed by atoms with van der Waals surface area (Å²) >= 11 is 1.80. The molecule has 1 aromatic rings. The molecule has 0 saturated carbocycles.